The fourth-order valence-electron chi connectivity index (χ4n) is 1.79. The molecular weight excluding hydrogens is 242 g/mol. The van der Waals surface area contributed by atoms with Crippen LogP contribution in [0.15, 0.2) is 18.7 Å². The quantitative estimate of drug-likeness (QED) is 0.918. The fourth-order valence-corrected chi connectivity index (χ4v) is 1.79. The van der Waals surface area contributed by atoms with Crippen LogP contribution in [0.2, 0.25) is 0 Å². The summed E-state index contributed by atoms with van der Waals surface area (Å²) in [4.78, 5) is 16.3. The maximum Gasteiger partial charge on any atom is 0.276 e. The number of anilines is 1. The number of carbonyl (C=O) groups excluding carboxylic acids is 1. The molecule has 0 aliphatic heterocycles. The van der Waals surface area contributed by atoms with Gasteiger partial charge in [-0.2, -0.15) is 5.10 Å². The Kier molecular flexibility index (Phi) is 3.69. The molecule has 0 bridgehead atoms. The third kappa shape index (κ3) is 2.67. The highest BCUT2D eigenvalue weighted by Gasteiger charge is 2.14. The van der Waals surface area contributed by atoms with Gasteiger partial charge in [-0.25, -0.2) is 9.67 Å². The van der Waals surface area contributed by atoms with E-state index in [1.807, 2.05) is 32.3 Å². The molecule has 0 atom stereocenters. The molecule has 1 N–H and O–H groups in total. The van der Waals surface area contributed by atoms with E-state index >= 15 is 0 Å². The predicted molar refractivity (Wildman–Crippen MR) is 73.2 cm³/mol. The molecule has 0 spiro atoms. The van der Waals surface area contributed by atoms with Crippen LogP contribution in [0.1, 0.15) is 42.9 Å². The van der Waals surface area contributed by atoms with Crippen molar-refractivity contribution in [1.82, 2.24) is 19.3 Å². The fraction of sp³-hybridized carbons (Fsp3) is 0.462. The lowest BCUT2D eigenvalue weighted by molar-refractivity contribution is 0.102. The largest absolute Gasteiger partial charge is 0.334 e. The molecule has 0 fully saturated rings. The molecule has 6 nitrogen and oxygen atoms in total. The molecule has 19 heavy (non-hydrogen) atoms. The number of carbonyl (C=O) groups is 1. The van der Waals surface area contributed by atoms with Crippen LogP contribution in [-0.2, 0) is 6.54 Å². The Hall–Kier alpha value is -2.11. The molecule has 0 radical (unpaired) electrons. The topological polar surface area (TPSA) is 64.7 Å². The third-order valence-corrected chi connectivity index (χ3v) is 2.98. The number of aryl methyl sites for hydroxylation is 2. The summed E-state index contributed by atoms with van der Waals surface area (Å²) in [6.45, 7) is 8.69. The van der Waals surface area contributed by atoms with E-state index in [0.29, 0.717) is 12.2 Å². The monoisotopic (exact) mass is 261 g/mol. The van der Waals surface area contributed by atoms with Crippen molar-refractivity contribution in [3.63, 3.8) is 0 Å². The van der Waals surface area contributed by atoms with Gasteiger partial charge in [-0.1, -0.05) is 0 Å². The van der Waals surface area contributed by atoms with E-state index < -0.39 is 0 Å². The van der Waals surface area contributed by atoms with Crippen molar-refractivity contribution in [2.75, 3.05) is 5.32 Å². The van der Waals surface area contributed by atoms with Crippen LogP contribution in [0.5, 0.6) is 0 Å². The highest BCUT2D eigenvalue weighted by Crippen LogP contribution is 2.15. The number of nitrogens with one attached hydrogen (secondary N) is 1. The number of aromatic nitrogens is 4. The summed E-state index contributed by atoms with van der Waals surface area (Å²) in [5.41, 5.74) is 1.36. The Morgan fingerprint density at radius 3 is 2.79 bits per heavy atom. The maximum absolute atomic E-state index is 12.1. The predicted octanol–water partition coefficient (Wildman–Crippen LogP) is 2.24. The van der Waals surface area contributed by atoms with E-state index in [0.717, 1.165) is 11.4 Å². The lowest BCUT2D eigenvalue weighted by atomic mass is 10.3. The lowest BCUT2D eigenvalue weighted by Crippen LogP contribution is -2.16. The van der Waals surface area contributed by atoms with Gasteiger partial charge < -0.3 is 9.88 Å². The molecule has 0 saturated carbocycles. The second kappa shape index (κ2) is 5.26. The second-order valence-electron chi connectivity index (χ2n) is 4.75. The molecule has 102 valence electrons. The van der Waals surface area contributed by atoms with Crippen LogP contribution >= 0.6 is 0 Å². The smallest absolute Gasteiger partial charge is 0.276 e. The molecule has 0 saturated heterocycles. The minimum Gasteiger partial charge on any atom is -0.334 e. The summed E-state index contributed by atoms with van der Waals surface area (Å²) in [6, 6.07) is 0.289. The third-order valence-electron chi connectivity index (χ3n) is 2.98. The number of rotatable bonds is 4. The van der Waals surface area contributed by atoms with Crippen molar-refractivity contribution in [2.24, 2.45) is 0 Å². The average molecular weight is 261 g/mol. The molecule has 0 aliphatic carbocycles. The molecule has 2 aromatic rings. The Balaban J connectivity index is 2.18. The van der Waals surface area contributed by atoms with Crippen molar-refractivity contribution in [2.45, 2.75) is 40.3 Å². The first-order valence-corrected chi connectivity index (χ1v) is 6.40. The summed E-state index contributed by atoms with van der Waals surface area (Å²) in [7, 11) is 0. The van der Waals surface area contributed by atoms with Gasteiger partial charge in [-0.3, -0.25) is 4.79 Å². The second-order valence-corrected chi connectivity index (χ2v) is 4.75. The number of imidazole rings is 1. The first-order chi connectivity index (χ1) is 9.02. The van der Waals surface area contributed by atoms with Crippen molar-refractivity contribution in [1.29, 1.82) is 0 Å². The molecule has 0 aliphatic rings. The Morgan fingerprint density at radius 2 is 2.21 bits per heavy atom. The van der Waals surface area contributed by atoms with Gasteiger partial charge in [0.25, 0.3) is 5.91 Å². The highest BCUT2D eigenvalue weighted by atomic mass is 16.2. The molecule has 1 amide bonds. The average Bonchev–Trinajstić information content (AvgIpc) is 2.97. The van der Waals surface area contributed by atoms with Gasteiger partial charge in [0.15, 0.2) is 0 Å². The number of hydrogen-bond donors (Lipinski definition) is 1. The maximum atomic E-state index is 12.1. The summed E-state index contributed by atoms with van der Waals surface area (Å²) in [5, 5.41) is 7.05. The van der Waals surface area contributed by atoms with Gasteiger partial charge in [0.1, 0.15) is 11.5 Å². The zero-order chi connectivity index (χ0) is 14.0. The van der Waals surface area contributed by atoms with E-state index in [1.54, 1.807) is 23.4 Å². The molecular formula is C13H19N5O. The van der Waals surface area contributed by atoms with E-state index in [9.17, 15) is 4.79 Å². The van der Waals surface area contributed by atoms with Crippen LogP contribution in [0, 0.1) is 6.92 Å². The first-order valence-electron chi connectivity index (χ1n) is 6.40. The number of nitrogens with zero attached hydrogens (tertiary/aromatic N) is 4. The summed E-state index contributed by atoms with van der Waals surface area (Å²) < 4.78 is 3.66. The van der Waals surface area contributed by atoms with Crippen LogP contribution < -0.4 is 5.32 Å². The lowest BCUT2D eigenvalue weighted by Gasteiger charge is -2.07. The summed E-state index contributed by atoms with van der Waals surface area (Å²) in [6.07, 6.45) is 5.16. The Morgan fingerprint density at radius 1 is 1.47 bits per heavy atom. The van der Waals surface area contributed by atoms with E-state index in [2.05, 4.69) is 15.4 Å². The molecule has 0 unspecified atom stereocenters. The van der Waals surface area contributed by atoms with Gasteiger partial charge in [-0.05, 0) is 27.7 Å². The normalized spacial score (nSPS) is 11.0. The molecule has 2 aromatic heterocycles. The van der Waals surface area contributed by atoms with Crippen molar-refractivity contribution in [3.05, 3.63) is 30.0 Å². The van der Waals surface area contributed by atoms with E-state index in [1.165, 1.54) is 0 Å². The zero-order valence-electron chi connectivity index (χ0n) is 11.7. The van der Waals surface area contributed by atoms with Gasteiger partial charge in [0.2, 0.25) is 0 Å². The molecule has 6 heteroatoms. The molecule has 2 rings (SSSR count). The highest BCUT2D eigenvalue weighted by molar-refractivity contribution is 6.02. The summed E-state index contributed by atoms with van der Waals surface area (Å²) in [5.74, 6) is 0.518. The van der Waals surface area contributed by atoms with E-state index in [-0.39, 0.29) is 11.9 Å². The van der Waals surface area contributed by atoms with Crippen LogP contribution in [0.25, 0.3) is 0 Å². The van der Waals surface area contributed by atoms with Crippen molar-refractivity contribution in [3.8, 4) is 0 Å². The Bertz CT molecular complexity index is 582. The molecule has 2 heterocycles. The number of hydrogen-bond acceptors (Lipinski definition) is 3. The van der Waals surface area contributed by atoms with Gasteiger partial charge in [-0.15, -0.1) is 0 Å². The van der Waals surface area contributed by atoms with Gasteiger partial charge >= 0.3 is 0 Å². The first kappa shape index (κ1) is 13.3. The van der Waals surface area contributed by atoms with Crippen LogP contribution in [-0.4, -0.2) is 25.2 Å². The van der Waals surface area contributed by atoms with Gasteiger partial charge in [0.05, 0.1) is 12.5 Å². The van der Waals surface area contributed by atoms with E-state index in [4.69, 9.17) is 0 Å². The standard InChI is InChI=1S/C13H19N5O/c1-5-18-12(10(4)6-15-18)16-13(19)11-7-17(8-14-11)9(2)3/h6-9H,5H2,1-4H3,(H,16,19). The van der Waals surface area contributed by atoms with Crippen molar-refractivity contribution < 1.29 is 4.79 Å². The minimum atomic E-state index is -0.210. The SMILES string of the molecule is CCn1ncc(C)c1NC(=O)c1cn(C(C)C)cn1. The number of amides is 1. The Labute approximate surface area is 112 Å². The van der Waals surface area contributed by atoms with Crippen LogP contribution in [0.3, 0.4) is 0 Å². The minimum absolute atomic E-state index is 0.210. The zero-order valence-corrected chi connectivity index (χ0v) is 11.7. The van der Waals surface area contributed by atoms with Crippen LogP contribution in [0.4, 0.5) is 5.82 Å². The molecule has 0 aromatic carbocycles. The van der Waals surface area contributed by atoms with Crippen molar-refractivity contribution >= 4 is 11.7 Å². The summed E-state index contributed by atoms with van der Waals surface area (Å²) >= 11 is 0. The van der Waals surface area contributed by atoms with Gasteiger partial charge in [0, 0.05) is 24.3 Å².